The molecule has 1 aliphatic heterocycles. The Bertz CT molecular complexity index is 582. The van der Waals surface area contributed by atoms with Gasteiger partial charge in [0.15, 0.2) is 5.78 Å². The number of hydrogen-bond donors (Lipinski definition) is 1. The number of benzene rings is 1. The van der Waals surface area contributed by atoms with E-state index in [4.69, 9.17) is 5.11 Å². The summed E-state index contributed by atoms with van der Waals surface area (Å²) in [4.78, 5) is 26.2. The van der Waals surface area contributed by atoms with Crippen molar-refractivity contribution in [3.05, 3.63) is 34.9 Å². The lowest BCUT2D eigenvalue weighted by Crippen LogP contribution is -2.29. The minimum absolute atomic E-state index is 0.0328. The van der Waals surface area contributed by atoms with Crippen molar-refractivity contribution in [2.45, 2.75) is 38.5 Å². The minimum atomic E-state index is 0.0328. The summed E-state index contributed by atoms with van der Waals surface area (Å²) in [5, 5.41) is 9.12. The maximum atomic E-state index is 12.3. The van der Waals surface area contributed by atoms with Crippen LogP contribution in [-0.4, -0.2) is 41.4 Å². The van der Waals surface area contributed by atoms with Crippen molar-refractivity contribution >= 4 is 11.7 Å². The molecule has 2 aliphatic rings. The number of likely N-dealkylation sites (tertiary alicyclic amines) is 1. The smallest absolute Gasteiger partial charge is 0.223 e. The summed E-state index contributed by atoms with van der Waals surface area (Å²) in [5.74, 6) is 0.294. The van der Waals surface area contributed by atoms with Crippen LogP contribution in [0.3, 0.4) is 0 Å². The molecule has 3 rings (SSSR count). The number of fused-ring (bicyclic) bond motifs is 1. The number of ketones is 1. The first-order valence-corrected chi connectivity index (χ1v) is 8.21. The highest BCUT2D eigenvalue weighted by atomic mass is 16.3. The lowest BCUT2D eigenvalue weighted by atomic mass is 10.0. The SMILES string of the molecule is O=C(CCC(=O)N1CCC(CO)C1)c1ccc2c(c1)CCC2. The Labute approximate surface area is 131 Å². The Morgan fingerprint density at radius 2 is 2.00 bits per heavy atom. The van der Waals surface area contributed by atoms with Crippen LogP contribution in [-0.2, 0) is 17.6 Å². The van der Waals surface area contributed by atoms with Gasteiger partial charge in [0.25, 0.3) is 0 Å². The molecule has 0 spiro atoms. The molecule has 118 valence electrons. The van der Waals surface area contributed by atoms with Crippen molar-refractivity contribution in [1.82, 2.24) is 4.90 Å². The van der Waals surface area contributed by atoms with Crippen molar-refractivity contribution in [1.29, 1.82) is 0 Å². The second-order valence-corrected chi connectivity index (χ2v) is 6.44. The van der Waals surface area contributed by atoms with Gasteiger partial charge >= 0.3 is 0 Å². The molecule has 4 nitrogen and oxygen atoms in total. The molecule has 4 heteroatoms. The Balaban J connectivity index is 1.53. The molecule has 1 atom stereocenters. The maximum absolute atomic E-state index is 12.3. The van der Waals surface area contributed by atoms with Crippen LogP contribution in [0.1, 0.15) is 47.2 Å². The average molecular weight is 301 g/mol. The van der Waals surface area contributed by atoms with Crippen LogP contribution in [0.15, 0.2) is 18.2 Å². The highest BCUT2D eigenvalue weighted by Gasteiger charge is 2.25. The molecular formula is C18H23NO3. The Morgan fingerprint density at radius 3 is 2.77 bits per heavy atom. The van der Waals surface area contributed by atoms with Crippen LogP contribution in [0.2, 0.25) is 0 Å². The van der Waals surface area contributed by atoms with Crippen molar-refractivity contribution < 1.29 is 14.7 Å². The lowest BCUT2D eigenvalue weighted by Gasteiger charge is -2.15. The summed E-state index contributed by atoms with van der Waals surface area (Å²) in [7, 11) is 0. The fourth-order valence-corrected chi connectivity index (χ4v) is 3.48. The van der Waals surface area contributed by atoms with Crippen LogP contribution < -0.4 is 0 Å². The predicted octanol–water partition coefficient (Wildman–Crippen LogP) is 1.98. The average Bonchev–Trinajstić information content (AvgIpc) is 3.19. The molecule has 1 fully saturated rings. The number of carbonyl (C=O) groups is 2. The molecule has 1 aromatic rings. The van der Waals surface area contributed by atoms with E-state index >= 15 is 0 Å². The summed E-state index contributed by atoms with van der Waals surface area (Å²) < 4.78 is 0. The fraction of sp³-hybridized carbons (Fsp3) is 0.556. The van der Waals surface area contributed by atoms with E-state index < -0.39 is 0 Å². The number of hydrogen-bond acceptors (Lipinski definition) is 3. The highest BCUT2D eigenvalue weighted by Crippen LogP contribution is 2.24. The Hall–Kier alpha value is -1.68. The number of Topliss-reactive ketones (excluding diaryl/α,β-unsaturated/α-hetero) is 1. The van der Waals surface area contributed by atoms with Crippen LogP contribution in [0.5, 0.6) is 0 Å². The van der Waals surface area contributed by atoms with Crippen LogP contribution >= 0.6 is 0 Å². The van der Waals surface area contributed by atoms with Gasteiger partial charge in [-0.2, -0.15) is 0 Å². The van der Waals surface area contributed by atoms with Gasteiger partial charge in [0.1, 0.15) is 0 Å². The van der Waals surface area contributed by atoms with E-state index in [-0.39, 0.29) is 37.1 Å². The van der Waals surface area contributed by atoms with Gasteiger partial charge in [-0.25, -0.2) is 0 Å². The molecule has 1 aromatic carbocycles. The first-order chi connectivity index (χ1) is 10.7. The molecule has 0 radical (unpaired) electrons. The number of carbonyl (C=O) groups excluding carboxylic acids is 2. The molecule has 1 aliphatic carbocycles. The quantitative estimate of drug-likeness (QED) is 0.846. The molecule has 0 aromatic heterocycles. The van der Waals surface area contributed by atoms with Gasteiger partial charge in [0.05, 0.1) is 0 Å². The molecule has 0 saturated carbocycles. The fourth-order valence-electron chi connectivity index (χ4n) is 3.48. The second-order valence-electron chi connectivity index (χ2n) is 6.44. The van der Waals surface area contributed by atoms with E-state index in [1.165, 1.54) is 17.5 Å². The Kier molecular flexibility index (Phi) is 4.57. The third-order valence-corrected chi connectivity index (χ3v) is 4.88. The van der Waals surface area contributed by atoms with Gasteiger partial charge in [-0.3, -0.25) is 9.59 Å². The zero-order valence-corrected chi connectivity index (χ0v) is 12.9. The number of amides is 1. The molecule has 1 unspecified atom stereocenters. The van der Waals surface area contributed by atoms with Gasteiger partial charge in [-0.1, -0.05) is 12.1 Å². The molecule has 1 N–H and O–H groups in total. The molecule has 1 heterocycles. The van der Waals surface area contributed by atoms with Gasteiger partial charge < -0.3 is 10.0 Å². The van der Waals surface area contributed by atoms with Gasteiger partial charge in [0.2, 0.25) is 5.91 Å². The van der Waals surface area contributed by atoms with E-state index in [2.05, 4.69) is 6.07 Å². The molecule has 1 amide bonds. The van der Waals surface area contributed by atoms with Crippen LogP contribution in [0, 0.1) is 5.92 Å². The van der Waals surface area contributed by atoms with E-state index in [0.717, 1.165) is 24.8 Å². The Morgan fingerprint density at radius 1 is 1.18 bits per heavy atom. The molecular weight excluding hydrogens is 278 g/mol. The minimum Gasteiger partial charge on any atom is -0.396 e. The number of aliphatic hydroxyl groups is 1. The number of aryl methyl sites for hydroxylation is 2. The summed E-state index contributed by atoms with van der Waals surface area (Å²) in [5.41, 5.74) is 3.39. The van der Waals surface area contributed by atoms with Crippen LogP contribution in [0.25, 0.3) is 0 Å². The number of aliphatic hydroxyl groups excluding tert-OH is 1. The van der Waals surface area contributed by atoms with Crippen molar-refractivity contribution in [2.75, 3.05) is 19.7 Å². The third kappa shape index (κ3) is 3.22. The number of nitrogens with zero attached hydrogens (tertiary/aromatic N) is 1. The van der Waals surface area contributed by atoms with Crippen molar-refractivity contribution in [3.8, 4) is 0 Å². The third-order valence-electron chi connectivity index (χ3n) is 4.88. The topological polar surface area (TPSA) is 57.6 Å². The summed E-state index contributed by atoms with van der Waals surface area (Å²) in [6.07, 6.45) is 4.76. The summed E-state index contributed by atoms with van der Waals surface area (Å²) in [6.45, 7) is 1.47. The zero-order valence-electron chi connectivity index (χ0n) is 12.9. The largest absolute Gasteiger partial charge is 0.396 e. The van der Waals surface area contributed by atoms with E-state index in [1.807, 2.05) is 12.1 Å². The van der Waals surface area contributed by atoms with Gasteiger partial charge in [-0.15, -0.1) is 0 Å². The zero-order chi connectivity index (χ0) is 15.5. The second kappa shape index (κ2) is 6.61. The predicted molar refractivity (Wildman–Crippen MR) is 83.8 cm³/mol. The summed E-state index contributed by atoms with van der Waals surface area (Å²) >= 11 is 0. The number of rotatable bonds is 5. The highest BCUT2D eigenvalue weighted by molar-refractivity contribution is 5.98. The summed E-state index contributed by atoms with van der Waals surface area (Å²) in [6, 6.07) is 5.96. The van der Waals surface area contributed by atoms with E-state index in [9.17, 15) is 9.59 Å². The first kappa shape index (κ1) is 15.2. The molecule has 0 bridgehead atoms. The molecule has 1 saturated heterocycles. The van der Waals surface area contributed by atoms with E-state index in [1.54, 1.807) is 4.90 Å². The van der Waals surface area contributed by atoms with Gasteiger partial charge in [-0.05, 0) is 42.9 Å². The van der Waals surface area contributed by atoms with E-state index in [0.29, 0.717) is 13.1 Å². The normalized spacial score (nSPS) is 20.2. The standard InChI is InChI=1S/C18H23NO3/c20-12-13-8-9-19(11-13)18(22)7-6-17(21)16-5-4-14-2-1-3-15(14)10-16/h4-5,10,13,20H,1-3,6-9,11-12H2. The monoisotopic (exact) mass is 301 g/mol. The van der Waals surface area contributed by atoms with Gasteiger partial charge in [0, 0.05) is 44.0 Å². The van der Waals surface area contributed by atoms with Crippen molar-refractivity contribution in [3.63, 3.8) is 0 Å². The molecule has 22 heavy (non-hydrogen) atoms. The van der Waals surface area contributed by atoms with Crippen LogP contribution in [0.4, 0.5) is 0 Å². The maximum Gasteiger partial charge on any atom is 0.223 e. The first-order valence-electron chi connectivity index (χ1n) is 8.21. The van der Waals surface area contributed by atoms with Crippen molar-refractivity contribution in [2.24, 2.45) is 5.92 Å². The lowest BCUT2D eigenvalue weighted by molar-refractivity contribution is -0.130.